The molecule has 1 unspecified atom stereocenters. The van der Waals surface area contributed by atoms with Crippen molar-refractivity contribution in [3.05, 3.63) is 59.4 Å². The number of likely N-dealkylation sites (N-methyl/N-ethyl adjacent to an activating group) is 1. The summed E-state index contributed by atoms with van der Waals surface area (Å²) in [6.45, 7) is 10.5. The molecule has 1 aliphatic rings. The van der Waals surface area contributed by atoms with E-state index >= 15 is 0 Å². The summed E-state index contributed by atoms with van der Waals surface area (Å²) in [5.74, 6) is 0.749. The summed E-state index contributed by atoms with van der Waals surface area (Å²) >= 11 is 0. The lowest BCUT2D eigenvalue weighted by molar-refractivity contribution is 0.242. The van der Waals surface area contributed by atoms with Gasteiger partial charge in [-0.2, -0.15) is 0 Å². The largest absolute Gasteiger partial charge is 0.491 e. The SMILES string of the molecule is CC(C)Oc1ccc(CNC(C)c2ccc(N3CCN(C)CC3)c(F)c2)cc1. The van der Waals surface area contributed by atoms with Gasteiger partial charge in [0.05, 0.1) is 11.8 Å². The van der Waals surface area contributed by atoms with Crippen LogP contribution in [0.15, 0.2) is 42.5 Å². The molecule has 2 aromatic rings. The maximum atomic E-state index is 14.7. The molecule has 152 valence electrons. The van der Waals surface area contributed by atoms with Gasteiger partial charge in [0.2, 0.25) is 0 Å². The zero-order valence-electron chi connectivity index (χ0n) is 17.4. The third-order valence-electron chi connectivity index (χ3n) is 5.22. The maximum Gasteiger partial charge on any atom is 0.146 e. The van der Waals surface area contributed by atoms with E-state index in [0.29, 0.717) is 5.69 Å². The summed E-state index contributed by atoms with van der Waals surface area (Å²) in [7, 11) is 2.11. The Balaban J connectivity index is 1.57. The highest BCUT2D eigenvalue weighted by Gasteiger charge is 2.18. The zero-order chi connectivity index (χ0) is 20.1. The lowest BCUT2D eigenvalue weighted by Gasteiger charge is -2.34. The Morgan fingerprint density at radius 1 is 1.00 bits per heavy atom. The van der Waals surface area contributed by atoms with Crippen LogP contribution in [-0.4, -0.2) is 44.2 Å². The molecule has 28 heavy (non-hydrogen) atoms. The molecule has 3 rings (SSSR count). The minimum atomic E-state index is -0.133. The first kappa shape index (κ1) is 20.6. The first-order valence-corrected chi connectivity index (χ1v) is 10.1. The van der Waals surface area contributed by atoms with Crippen LogP contribution < -0.4 is 15.0 Å². The average molecular weight is 386 g/mol. The van der Waals surface area contributed by atoms with Crippen molar-refractivity contribution in [3.8, 4) is 5.75 Å². The monoisotopic (exact) mass is 385 g/mol. The van der Waals surface area contributed by atoms with E-state index in [0.717, 1.165) is 44.0 Å². The molecule has 1 atom stereocenters. The molecule has 5 heteroatoms. The van der Waals surface area contributed by atoms with Gasteiger partial charge in [-0.1, -0.05) is 18.2 Å². The number of nitrogens with one attached hydrogen (secondary N) is 1. The Hall–Kier alpha value is -2.11. The first-order chi connectivity index (χ1) is 13.4. The molecule has 2 aromatic carbocycles. The van der Waals surface area contributed by atoms with Gasteiger partial charge >= 0.3 is 0 Å². The van der Waals surface area contributed by atoms with Gasteiger partial charge < -0.3 is 19.9 Å². The van der Waals surface area contributed by atoms with Gasteiger partial charge in [0.15, 0.2) is 0 Å². The molecule has 0 spiro atoms. The summed E-state index contributed by atoms with van der Waals surface area (Å²) in [6, 6.07) is 13.8. The molecule has 1 aliphatic heterocycles. The minimum absolute atomic E-state index is 0.0719. The third-order valence-corrected chi connectivity index (χ3v) is 5.22. The Morgan fingerprint density at radius 3 is 2.29 bits per heavy atom. The summed E-state index contributed by atoms with van der Waals surface area (Å²) in [4.78, 5) is 4.41. The average Bonchev–Trinajstić information content (AvgIpc) is 2.67. The number of hydrogen-bond acceptors (Lipinski definition) is 4. The molecule has 0 amide bonds. The molecule has 4 nitrogen and oxygen atoms in total. The molecular formula is C23H32FN3O. The Morgan fingerprint density at radius 2 is 1.68 bits per heavy atom. The highest BCUT2D eigenvalue weighted by molar-refractivity contribution is 5.50. The zero-order valence-corrected chi connectivity index (χ0v) is 17.4. The van der Waals surface area contributed by atoms with Crippen LogP contribution in [0.4, 0.5) is 10.1 Å². The predicted molar refractivity (Wildman–Crippen MR) is 114 cm³/mol. The van der Waals surface area contributed by atoms with Gasteiger partial charge in [0.25, 0.3) is 0 Å². The van der Waals surface area contributed by atoms with Crippen LogP contribution in [-0.2, 0) is 6.54 Å². The fourth-order valence-corrected chi connectivity index (χ4v) is 3.44. The lowest BCUT2D eigenvalue weighted by Crippen LogP contribution is -2.44. The predicted octanol–water partition coefficient (Wildman–Crippen LogP) is 4.22. The number of rotatable bonds is 7. The van der Waals surface area contributed by atoms with Crippen LogP contribution in [0.3, 0.4) is 0 Å². The van der Waals surface area contributed by atoms with E-state index in [1.165, 1.54) is 5.56 Å². The quantitative estimate of drug-likeness (QED) is 0.772. The molecule has 0 aliphatic carbocycles. The molecule has 1 heterocycles. The van der Waals surface area contributed by atoms with Crippen LogP contribution in [0.2, 0.25) is 0 Å². The van der Waals surface area contributed by atoms with E-state index in [9.17, 15) is 4.39 Å². The van der Waals surface area contributed by atoms with E-state index < -0.39 is 0 Å². The van der Waals surface area contributed by atoms with Crippen molar-refractivity contribution < 1.29 is 9.13 Å². The van der Waals surface area contributed by atoms with Crippen molar-refractivity contribution in [3.63, 3.8) is 0 Å². The second kappa shape index (κ2) is 9.39. The molecule has 0 aromatic heterocycles. The van der Waals surface area contributed by atoms with Crippen LogP contribution in [0, 0.1) is 5.82 Å². The number of ether oxygens (including phenoxy) is 1. The van der Waals surface area contributed by atoms with Gasteiger partial charge in [-0.15, -0.1) is 0 Å². The minimum Gasteiger partial charge on any atom is -0.491 e. The Bertz CT molecular complexity index is 755. The number of piperazine rings is 1. The second-order valence-electron chi connectivity index (χ2n) is 7.91. The first-order valence-electron chi connectivity index (χ1n) is 10.1. The smallest absolute Gasteiger partial charge is 0.146 e. The van der Waals surface area contributed by atoms with Gasteiger partial charge in [-0.3, -0.25) is 0 Å². The second-order valence-corrected chi connectivity index (χ2v) is 7.91. The van der Waals surface area contributed by atoms with Gasteiger partial charge in [0.1, 0.15) is 11.6 Å². The molecule has 0 radical (unpaired) electrons. The molecule has 1 N–H and O–H groups in total. The van der Waals surface area contributed by atoms with Gasteiger partial charge in [-0.05, 0) is 63.2 Å². The fraction of sp³-hybridized carbons (Fsp3) is 0.478. The summed E-state index contributed by atoms with van der Waals surface area (Å²) < 4.78 is 20.4. The number of benzene rings is 2. The van der Waals surface area contributed by atoms with Gasteiger partial charge in [0, 0.05) is 38.8 Å². The molecule has 0 bridgehead atoms. The van der Waals surface area contributed by atoms with E-state index in [1.54, 1.807) is 6.07 Å². The molecule has 1 fully saturated rings. The standard InChI is InChI=1S/C23H32FN3O/c1-17(2)28-21-8-5-19(6-9-21)16-25-18(3)20-7-10-23(22(24)15-20)27-13-11-26(4)12-14-27/h5-10,15,17-18,25H,11-14,16H2,1-4H3. The third kappa shape index (κ3) is 5.46. The highest BCUT2D eigenvalue weighted by Crippen LogP contribution is 2.25. The number of nitrogens with zero attached hydrogens (tertiary/aromatic N) is 2. The van der Waals surface area contributed by atoms with Crippen molar-refractivity contribution >= 4 is 5.69 Å². The molecule has 1 saturated heterocycles. The van der Waals surface area contributed by atoms with Crippen LogP contribution in [0.5, 0.6) is 5.75 Å². The lowest BCUT2D eigenvalue weighted by atomic mass is 10.1. The van der Waals surface area contributed by atoms with E-state index in [2.05, 4.69) is 41.2 Å². The van der Waals surface area contributed by atoms with Crippen LogP contribution in [0.25, 0.3) is 0 Å². The van der Waals surface area contributed by atoms with E-state index in [4.69, 9.17) is 4.74 Å². The normalized spacial score (nSPS) is 16.4. The van der Waals surface area contributed by atoms with E-state index in [1.807, 2.05) is 38.1 Å². The Kier molecular flexibility index (Phi) is 6.92. The van der Waals surface area contributed by atoms with Crippen LogP contribution in [0.1, 0.15) is 37.9 Å². The van der Waals surface area contributed by atoms with Crippen molar-refractivity contribution in [1.29, 1.82) is 0 Å². The number of anilines is 1. The topological polar surface area (TPSA) is 27.7 Å². The van der Waals surface area contributed by atoms with Crippen molar-refractivity contribution in [2.75, 3.05) is 38.1 Å². The molecular weight excluding hydrogens is 353 g/mol. The highest BCUT2D eigenvalue weighted by atomic mass is 19.1. The number of halogens is 1. The van der Waals surface area contributed by atoms with Crippen molar-refractivity contribution in [2.24, 2.45) is 0 Å². The Labute approximate surface area is 168 Å². The van der Waals surface area contributed by atoms with Crippen molar-refractivity contribution in [1.82, 2.24) is 10.2 Å². The summed E-state index contributed by atoms with van der Waals surface area (Å²) in [6.07, 6.45) is 0.174. The van der Waals surface area contributed by atoms with E-state index in [-0.39, 0.29) is 18.0 Å². The van der Waals surface area contributed by atoms with Crippen molar-refractivity contribution in [2.45, 2.75) is 39.5 Å². The maximum absolute atomic E-state index is 14.7. The summed E-state index contributed by atoms with van der Waals surface area (Å²) in [5, 5.41) is 3.48. The summed E-state index contributed by atoms with van der Waals surface area (Å²) in [5.41, 5.74) is 2.86. The van der Waals surface area contributed by atoms with Crippen LogP contribution >= 0.6 is 0 Å². The number of hydrogen-bond donors (Lipinski definition) is 1. The fourth-order valence-electron chi connectivity index (χ4n) is 3.44. The van der Waals surface area contributed by atoms with Gasteiger partial charge in [-0.25, -0.2) is 4.39 Å². The molecule has 0 saturated carbocycles.